The van der Waals surface area contributed by atoms with Gasteiger partial charge in [0.15, 0.2) is 9.84 Å². The maximum absolute atomic E-state index is 12.5. The standard InChI is InChI=1S/C17H21N3O3S/c1-14(17(21)19-10-2-3-11-19)24(22,23)13-15-5-7-16(8-6-15)20-12-4-9-18-20/h4-9,12,14H,2-3,10-11,13H2,1H3/t14-/m1/s1. The van der Waals surface area contributed by atoms with Gasteiger partial charge in [-0.05, 0) is 43.5 Å². The van der Waals surface area contributed by atoms with E-state index < -0.39 is 15.1 Å². The summed E-state index contributed by atoms with van der Waals surface area (Å²) in [6, 6.07) is 9.00. The minimum atomic E-state index is -3.53. The highest BCUT2D eigenvalue weighted by molar-refractivity contribution is 7.92. The van der Waals surface area contributed by atoms with Crippen LogP contribution >= 0.6 is 0 Å². The molecule has 3 rings (SSSR count). The van der Waals surface area contributed by atoms with Crippen molar-refractivity contribution >= 4 is 15.7 Å². The second-order valence-electron chi connectivity index (χ2n) is 6.10. The molecular formula is C17H21N3O3S. The summed E-state index contributed by atoms with van der Waals surface area (Å²) >= 11 is 0. The minimum absolute atomic E-state index is 0.132. The van der Waals surface area contributed by atoms with Crippen LogP contribution in [0.1, 0.15) is 25.3 Å². The fraction of sp³-hybridized carbons (Fsp3) is 0.412. The van der Waals surface area contributed by atoms with Crippen LogP contribution in [-0.2, 0) is 20.4 Å². The molecule has 1 aromatic carbocycles. The summed E-state index contributed by atoms with van der Waals surface area (Å²) in [4.78, 5) is 14.0. The lowest BCUT2D eigenvalue weighted by atomic mass is 10.2. The van der Waals surface area contributed by atoms with E-state index in [-0.39, 0.29) is 11.7 Å². The summed E-state index contributed by atoms with van der Waals surface area (Å²) in [5, 5.41) is 3.14. The molecule has 0 N–H and O–H groups in total. The number of hydrogen-bond acceptors (Lipinski definition) is 4. The van der Waals surface area contributed by atoms with Gasteiger partial charge in [-0.15, -0.1) is 0 Å². The van der Waals surface area contributed by atoms with Crippen LogP contribution in [0.5, 0.6) is 0 Å². The highest BCUT2D eigenvalue weighted by atomic mass is 32.2. The lowest BCUT2D eigenvalue weighted by Gasteiger charge is -2.20. The van der Waals surface area contributed by atoms with Gasteiger partial charge in [-0.1, -0.05) is 12.1 Å². The Morgan fingerprint density at radius 1 is 1.21 bits per heavy atom. The van der Waals surface area contributed by atoms with E-state index in [4.69, 9.17) is 0 Å². The van der Waals surface area contributed by atoms with Gasteiger partial charge in [0.05, 0.1) is 11.4 Å². The number of likely N-dealkylation sites (tertiary alicyclic amines) is 1. The van der Waals surface area contributed by atoms with Crippen molar-refractivity contribution in [2.45, 2.75) is 30.8 Å². The first-order valence-electron chi connectivity index (χ1n) is 8.07. The summed E-state index contributed by atoms with van der Waals surface area (Å²) in [5.41, 5.74) is 1.54. The van der Waals surface area contributed by atoms with Gasteiger partial charge < -0.3 is 4.90 Å². The van der Waals surface area contributed by atoms with Gasteiger partial charge in [0.25, 0.3) is 0 Å². The summed E-state index contributed by atoms with van der Waals surface area (Å²) in [5.74, 6) is -0.409. The van der Waals surface area contributed by atoms with Gasteiger partial charge in [-0.25, -0.2) is 13.1 Å². The second-order valence-corrected chi connectivity index (χ2v) is 8.42. The molecule has 24 heavy (non-hydrogen) atoms. The normalized spacial score (nSPS) is 16.3. The van der Waals surface area contributed by atoms with E-state index in [0.717, 1.165) is 18.5 Å². The Bertz CT molecular complexity index is 792. The van der Waals surface area contributed by atoms with Gasteiger partial charge in [0.1, 0.15) is 5.25 Å². The summed E-state index contributed by atoms with van der Waals surface area (Å²) in [6.07, 6.45) is 5.41. The molecule has 1 saturated heterocycles. The Labute approximate surface area is 142 Å². The Kier molecular flexibility index (Phi) is 4.71. The van der Waals surface area contributed by atoms with Crippen LogP contribution in [0.4, 0.5) is 0 Å². The molecule has 0 spiro atoms. The Morgan fingerprint density at radius 2 is 1.88 bits per heavy atom. The molecule has 1 aromatic heterocycles. The van der Waals surface area contributed by atoms with Gasteiger partial charge in [0.2, 0.25) is 5.91 Å². The van der Waals surface area contributed by atoms with Crippen LogP contribution in [0, 0.1) is 0 Å². The maximum Gasteiger partial charge on any atom is 0.240 e. The molecule has 2 heterocycles. The first-order chi connectivity index (χ1) is 11.5. The number of carbonyl (C=O) groups is 1. The molecule has 0 aliphatic carbocycles. The van der Waals surface area contributed by atoms with Crippen LogP contribution in [0.3, 0.4) is 0 Å². The second kappa shape index (κ2) is 6.76. The minimum Gasteiger partial charge on any atom is -0.342 e. The van der Waals surface area contributed by atoms with Crippen molar-refractivity contribution in [2.24, 2.45) is 0 Å². The molecule has 0 saturated carbocycles. The SMILES string of the molecule is C[C@H](C(=O)N1CCCC1)S(=O)(=O)Cc1ccc(-n2cccn2)cc1. The van der Waals surface area contributed by atoms with Crippen molar-refractivity contribution in [3.63, 3.8) is 0 Å². The van der Waals surface area contributed by atoms with E-state index in [9.17, 15) is 13.2 Å². The maximum atomic E-state index is 12.5. The number of sulfone groups is 1. The highest BCUT2D eigenvalue weighted by Gasteiger charge is 2.32. The van der Waals surface area contributed by atoms with Crippen LogP contribution in [0.25, 0.3) is 5.69 Å². The number of hydrogen-bond donors (Lipinski definition) is 0. The van der Waals surface area contributed by atoms with E-state index in [0.29, 0.717) is 18.7 Å². The number of benzene rings is 1. The van der Waals surface area contributed by atoms with Gasteiger partial charge in [-0.3, -0.25) is 4.79 Å². The molecule has 1 aliphatic heterocycles. The molecule has 1 aliphatic rings. The molecule has 0 radical (unpaired) electrons. The molecule has 6 nitrogen and oxygen atoms in total. The first-order valence-corrected chi connectivity index (χ1v) is 9.78. The zero-order valence-corrected chi connectivity index (χ0v) is 14.4. The molecule has 2 aromatic rings. The number of carbonyl (C=O) groups excluding carboxylic acids is 1. The monoisotopic (exact) mass is 347 g/mol. The fourth-order valence-corrected chi connectivity index (χ4v) is 4.24. The van der Waals surface area contributed by atoms with Crippen molar-refractivity contribution in [1.82, 2.24) is 14.7 Å². The highest BCUT2D eigenvalue weighted by Crippen LogP contribution is 2.17. The lowest BCUT2D eigenvalue weighted by molar-refractivity contribution is -0.129. The predicted octanol–water partition coefficient (Wildman–Crippen LogP) is 1.80. The van der Waals surface area contributed by atoms with Crippen LogP contribution in [0.2, 0.25) is 0 Å². The smallest absolute Gasteiger partial charge is 0.240 e. The van der Waals surface area contributed by atoms with Crippen molar-refractivity contribution in [2.75, 3.05) is 13.1 Å². The zero-order chi connectivity index (χ0) is 17.2. The van der Waals surface area contributed by atoms with E-state index >= 15 is 0 Å². The van der Waals surface area contributed by atoms with E-state index in [2.05, 4.69) is 5.10 Å². The van der Waals surface area contributed by atoms with Crippen LogP contribution in [-0.4, -0.2) is 47.3 Å². The van der Waals surface area contributed by atoms with Gasteiger partial charge in [0, 0.05) is 25.5 Å². The third-order valence-electron chi connectivity index (χ3n) is 4.38. The third-order valence-corrected chi connectivity index (χ3v) is 6.39. The molecule has 7 heteroatoms. The topological polar surface area (TPSA) is 72.3 Å². The lowest BCUT2D eigenvalue weighted by Crippen LogP contribution is -2.40. The van der Waals surface area contributed by atoms with E-state index in [1.54, 1.807) is 27.9 Å². The van der Waals surface area contributed by atoms with Crippen LogP contribution < -0.4 is 0 Å². The summed E-state index contributed by atoms with van der Waals surface area (Å²) < 4.78 is 26.8. The van der Waals surface area contributed by atoms with E-state index in [1.807, 2.05) is 24.4 Å². The Balaban J connectivity index is 1.70. The summed E-state index contributed by atoms with van der Waals surface area (Å²) in [7, 11) is -3.53. The third kappa shape index (κ3) is 3.51. The first kappa shape index (κ1) is 16.7. The molecule has 1 fully saturated rings. The largest absolute Gasteiger partial charge is 0.342 e. The van der Waals surface area contributed by atoms with Crippen molar-refractivity contribution in [1.29, 1.82) is 0 Å². The number of amides is 1. The Morgan fingerprint density at radius 3 is 2.46 bits per heavy atom. The van der Waals surface area contributed by atoms with Gasteiger partial charge in [-0.2, -0.15) is 5.10 Å². The Hall–Kier alpha value is -2.15. The van der Waals surface area contributed by atoms with Crippen LogP contribution in [0.15, 0.2) is 42.7 Å². The summed E-state index contributed by atoms with van der Waals surface area (Å²) in [6.45, 7) is 2.82. The molecular weight excluding hydrogens is 326 g/mol. The average molecular weight is 347 g/mol. The van der Waals surface area contributed by atoms with Crippen molar-refractivity contribution < 1.29 is 13.2 Å². The molecule has 128 valence electrons. The molecule has 1 amide bonds. The van der Waals surface area contributed by atoms with Gasteiger partial charge >= 0.3 is 0 Å². The average Bonchev–Trinajstić information content (AvgIpc) is 3.27. The molecule has 1 atom stereocenters. The number of aromatic nitrogens is 2. The molecule has 0 bridgehead atoms. The van der Waals surface area contributed by atoms with E-state index in [1.165, 1.54) is 6.92 Å². The fourth-order valence-electron chi connectivity index (χ4n) is 2.87. The molecule has 0 unspecified atom stereocenters. The number of rotatable bonds is 5. The van der Waals surface area contributed by atoms with Crippen molar-refractivity contribution in [3.05, 3.63) is 48.3 Å². The number of nitrogens with zero attached hydrogens (tertiary/aromatic N) is 3. The van der Waals surface area contributed by atoms with Crippen molar-refractivity contribution in [3.8, 4) is 5.69 Å². The predicted molar refractivity (Wildman–Crippen MR) is 91.5 cm³/mol. The quantitative estimate of drug-likeness (QED) is 0.827. The zero-order valence-electron chi connectivity index (χ0n) is 13.6.